The third-order valence-electron chi connectivity index (χ3n) is 3.10. The number of carbonyl (C=O) groups is 1. The largest absolute Gasteiger partial charge is 0.378 e. The molecule has 1 aromatic carbocycles. The maximum absolute atomic E-state index is 12.5. The number of morpholine rings is 1. The number of carbonyl (C=O) groups excluding carboxylic acids is 1. The van der Waals surface area contributed by atoms with Crippen LogP contribution in [-0.2, 0) is 4.74 Å². The smallest absolute Gasteiger partial charge is 0.268 e. The topological polar surface area (TPSA) is 55.3 Å². The van der Waals surface area contributed by atoms with Gasteiger partial charge in [0.1, 0.15) is 10.6 Å². The molecular formula is C13H12BrN3O2S. The van der Waals surface area contributed by atoms with E-state index in [2.05, 4.69) is 25.5 Å². The van der Waals surface area contributed by atoms with Crippen LogP contribution >= 0.6 is 27.5 Å². The quantitative estimate of drug-likeness (QED) is 0.831. The van der Waals surface area contributed by atoms with Crippen LogP contribution in [0, 0.1) is 0 Å². The Kier molecular flexibility index (Phi) is 4.09. The zero-order valence-corrected chi connectivity index (χ0v) is 13.0. The predicted octanol–water partition coefficient (Wildman–Crippen LogP) is 2.44. The molecule has 7 heteroatoms. The van der Waals surface area contributed by atoms with Crippen LogP contribution in [0.3, 0.4) is 0 Å². The lowest BCUT2D eigenvalue weighted by molar-refractivity contribution is 0.0306. The number of benzene rings is 1. The SMILES string of the molecule is O=C(c1snnc1-c1ccc(Br)cc1)N1CCOCC1. The molecule has 1 fully saturated rings. The highest BCUT2D eigenvalue weighted by Crippen LogP contribution is 2.26. The van der Waals surface area contributed by atoms with E-state index in [0.717, 1.165) is 21.6 Å². The summed E-state index contributed by atoms with van der Waals surface area (Å²) in [6.07, 6.45) is 0. The number of nitrogens with zero attached hydrogens (tertiary/aromatic N) is 3. The normalized spacial score (nSPS) is 15.3. The fraction of sp³-hybridized carbons (Fsp3) is 0.308. The number of hydrogen-bond acceptors (Lipinski definition) is 5. The van der Waals surface area contributed by atoms with Gasteiger partial charge in [0.05, 0.1) is 13.2 Å². The average Bonchev–Trinajstić information content (AvgIpc) is 2.97. The van der Waals surface area contributed by atoms with Gasteiger partial charge in [0.2, 0.25) is 0 Å². The van der Waals surface area contributed by atoms with Crippen LogP contribution in [0.1, 0.15) is 9.67 Å². The Hall–Kier alpha value is -1.31. The maximum Gasteiger partial charge on any atom is 0.268 e. The molecule has 0 bridgehead atoms. The van der Waals surface area contributed by atoms with Crippen molar-refractivity contribution in [3.63, 3.8) is 0 Å². The molecule has 3 rings (SSSR count). The summed E-state index contributed by atoms with van der Waals surface area (Å²) in [4.78, 5) is 14.9. The molecule has 0 aliphatic carbocycles. The highest BCUT2D eigenvalue weighted by Gasteiger charge is 2.24. The highest BCUT2D eigenvalue weighted by atomic mass is 79.9. The molecule has 0 unspecified atom stereocenters. The van der Waals surface area contributed by atoms with Crippen LogP contribution in [0.4, 0.5) is 0 Å². The molecule has 2 aromatic rings. The van der Waals surface area contributed by atoms with E-state index in [1.807, 2.05) is 24.3 Å². The molecule has 20 heavy (non-hydrogen) atoms. The number of rotatable bonds is 2. The molecule has 2 heterocycles. The lowest BCUT2D eigenvalue weighted by Gasteiger charge is -2.26. The van der Waals surface area contributed by atoms with Crippen molar-refractivity contribution in [2.45, 2.75) is 0 Å². The van der Waals surface area contributed by atoms with Crippen molar-refractivity contribution in [2.24, 2.45) is 0 Å². The molecule has 0 saturated carbocycles. The number of aromatic nitrogens is 2. The third kappa shape index (κ3) is 2.74. The number of amides is 1. The van der Waals surface area contributed by atoms with Gasteiger partial charge < -0.3 is 9.64 Å². The summed E-state index contributed by atoms with van der Waals surface area (Å²) in [6, 6.07) is 7.71. The molecule has 5 nitrogen and oxygen atoms in total. The van der Waals surface area contributed by atoms with Crippen LogP contribution in [0.5, 0.6) is 0 Å². The van der Waals surface area contributed by atoms with E-state index in [-0.39, 0.29) is 5.91 Å². The Morgan fingerprint density at radius 2 is 1.95 bits per heavy atom. The monoisotopic (exact) mass is 353 g/mol. The molecular weight excluding hydrogens is 342 g/mol. The second kappa shape index (κ2) is 5.99. The summed E-state index contributed by atoms with van der Waals surface area (Å²) in [5.74, 6) is -0.0128. The van der Waals surface area contributed by atoms with E-state index >= 15 is 0 Å². The molecule has 0 spiro atoms. The van der Waals surface area contributed by atoms with Crippen LogP contribution in [-0.4, -0.2) is 46.7 Å². The summed E-state index contributed by atoms with van der Waals surface area (Å²) in [6.45, 7) is 2.42. The molecule has 0 N–H and O–H groups in total. The van der Waals surface area contributed by atoms with Crippen molar-refractivity contribution in [2.75, 3.05) is 26.3 Å². The standard InChI is InChI=1S/C13H12BrN3O2S/c14-10-3-1-9(2-4-10)11-12(20-16-15-11)13(18)17-5-7-19-8-6-17/h1-4H,5-8H2. The van der Waals surface area contributed by atoms with Gasteiger partial charge in [-0.1, -0.05) is 32.6 Å². The molecule has 1 aliphatic heterocycles. The van der Waals surface area contributed by atoms with E-state index < -0.39 is 0 Å². The second-order valence-corrected chi connectivity index (χ2v) is 6.03. The lowest BCUT2D eigenvalue weighted by atomic mass is 10.1. The van der Waals surface area contributed by atoms with E-state index in [0.29, 0.717) is 36.9 Å². The third-order valence-corrected chi connectivity index (χ3v) is 4.34. The van der Waals surface area contributed by atoms with Gasteiger partial charge in [0.15, 0.2) is 0 Å². The zero-order valence-electron chi connectivity index (χ0n) is 10.6. The minimum atomic E-state index is -0.0128. The first-order valence-electron chi connectivity index (χ1n) is 6.21. The molecule has 0 radical (unpaired) electrons. The molecule has 1 saturated heterocycles. The Labute approximate surface area is 128 Å². The van der Waals surface area contributed by atoms with Gasteiger partial charge >= 0.3 is 0 Å². The number of hydrogen-bond donors (Lipinski definition) is 0. The number of halogens is 1. The summed E-state index contributed by atoms with van der Waals surface area (Å²) in [7, 11) is 0. The molecule has 0 atom stereocenters. The van der Waals surface area contributed by atoms with Crippen molar-refractivity contribution in [3.8, 4) is 11.3 Å². The summed E-state index contributed by atoms with van der Waals surface area (Å²) < 4.78 is 10.2. The first-order valence-corrected chi connectivity index (χ1v) is 7.77. The number of ether oxygens (including phenoxy) is 1. The van der Waals surface area contributed by atoms with E-state index in [4.69, 9.17) is 4.74 Å². The first-order chi connectivity index (χ1) is 9.75. The fourth-order valence-electron chi connectivity index (χ4n) is 2.04. The van der Waals surface area contributed by atoms with Gasteiger partial charge in [-0.25, -0.2) is 0 Å². The van der Waals surface area contributed by atoms with Gasteiger partial charge in [0, 0.05) is 23.1 Å². The predicted molar refractivity (Wildman–Crippen MR) is 79.8 cm³/mol. The van der Waals surface area contributed by atoms with Crippen molar-refractivity contribution in [3.05, 3.63) is 33.6 Å². The van der Waals surface area contributed by atoms with Crippen molar-refractivity contribution < 1.29 is 9.53 Å². The molecule has 1 aliphatic rings. The lowest BCUT2D eigenvalue weighted by Crippen LogP contribution is -2.40. The van der Waals surface area contributed by atoms with Gasteiger partial charge in [-0.2, -0.15) is 0 Å². The van der Waals surface area contributed by atoms with Gasteiger partial charge in [0.25, 0.3) is 5.91 Å². The fourth-order valence-corrected chi connectivity index (χ4v) is 2.96. The van der Waals surface area contributed by atoms with Gasteiger partial charge in [-0.3, -0.25) is 4.79 Å². The molecule has 1 amide bonds. The van der Waals surface area contributed by atoms with Crippen molar-refractivity contribution in [1.82, 2.24) is 14.5 Å². The average molecular weight is 354 g/mol. The van der Waals surface area contributed by atoms with Crippen LogP contribution in [0.25, 0.3) is 11.3 Å². The van der Waals surface area contributed by atoms with Crippen LogP contribution in [0.2, 0.25) is 0 Å². The molecule has 1 aromatic heterocycles. The zero-order chi connectivity index (χ0) is 13.9. The van der Waals surface area contributed by atoms with Gasteiger partial charge in [-0.05, 0) is 23.7 Å². The Morgan fingerprint density at radius 1 is 1.25 bits per heavy atom. The Morgan fingerprint density at radius 3 is 2.65 bits per heavy atom. The van der Waals surface area contributed by atoms with E-state index in [9.17, 15) is 4.79 Å². The van der Waals surface area contributed by atoms with E-state index in [1.54, 1.807) is 4.90 Å². The van der Waals surface area contributed by atoms with Crippen molar-refractivity contribution >= 4 is 33.4 Å². The van der Waals surface area contributed by atoms with Crippen LogP contribution in [0.15, 0.2) is 28.7 Å². The minimum Gasteiger partial charge on any atom is -0.378 e. The van der Waals surface area contributed by atoms with Crippen molar-refractivity contribution in [1.29, 1.82) is 0 Å². The summed E-state index contributed by atoms with van der Waals surface area (Å²) in [5, 5.41) is 4.11. The minimum absolute atomic E-state index is 0.0128. The summed E-state index contributed by atoms with van der Waals surface area (Å²) >= 11 is 4.54. The summed E-state index contributed by atoms with van der Waals surface area (Å²) in [5.41, 5.74) is 1.55. The second-order valence-electron chi connectivity index (χ2n) is 4.36. The van der Waals surface area contributed by atoms with Gasteiger partial charge in [-0.15, -0.1) is 5.10 Å². The molecule has 104 valence electrons. The Balaban J connectivity index is 1.89. The highest BCUT2D eigenvalue weighted by molar-refractivity contribution is 9.10. The van der Waals surface area contributed by atoms with E-state index in [1.165, 1.54) is 0 Å². The maximum atomic E-state index is 12.5. The van der Waals surface area contributed by atoms with Crippen LogP contribution < -0.4 is 0 Å². The first kappa shape index (κ1) is 13.7. The Bertz CT molecular complexity index is 608.